The van der Waals surface area contributed by atoms with Crippen LogP contribution in [0.15, 0.2) is 24.3 Å². The van der Waals surface area contributed by atoms with Crippen molar-refractivity contribution in [3.8, 4) is 5.75 Å². The van der Waals surface area contributed by atoms with Crippen molar-refractivity contribution in [2.75, 3.05) is 20.3 Å². The minimum absolute atomic E-state index is 0.0125. The van der Waals surface area contributed by atoms with Crippen LogP contribution in [0, 0.1) is 5.92 Å². The minimum atomic E-state index is -0.689. The Morgan fingerprint density at radius 1 is 1.12 bits per heavy atom. The highest BCUT2D eigenvalue weighted by atomic mass is 16.5. The molecule has 132 valence electrons. The van der Waals surface area contributed by atoms with E-state index in [1.165, 1.54) is 7.11 Å². The van der Waals surface area contributed by atoms with Crippen molar-refractivity contribution in [3.05, 3.63) is 29.8 Å². The van der Waals surface area contributed by atoms with Crippen LogP contribution in [0.4, 0.5) is 0 Å². The molecule has 0 heterocycles. The van der Waals surface area contributed by atoms with Gasteiger partial charge in [-0.05, 0) is 25.0 Å². The zero-order valence-electron chi connectivity index (χ0n) is 14.4. The predicted octanol–water partition coefficient (Wildman–Crippen LogP) is 1.13. The molecule has 0 radical (unpaired) electrons. The SMILES string of the molecule is COc1ccccc1C(=O)NCC(=O)OCC(=O)N[C@H](C)C(C)C. The third kappa shape index (κ3) is 6.28. The Morgan fingerprint density at radius 2 is 1.79 bits per heavy atom. The molecule has 1 aromatic carbocycles. The van der Waals surface area contributed by atoms with Crippen molar-refractivity contribution in [1.82, 2.24) is 10.6 Å². The van der Waals surface area contributed by atoms with Gasteiger partial charge in [0.1, 0.15) is 12.3 Å². The van der Waals surface area contributed by atoms with Gasteiger partial charge in [-0.1, -0.05) is 26.0 Å². The van der Waals surface area contributed by atoms with Gasteiger partial charge in [0, 0.05) is 6.04 Å². The maximum atomic E-state index is 12.0. The highest BCUT2D eigenvalue weighted by Gasteiger charge is 2.15. The summed E-state index contributed by atoms with van der Waals surface area (Å²) in [5, 5.41) is 5.15. The van der Waals surface area contributed by atoms with Crippen molar-refractivity contribution in [3.63, 3.8) is 0 Å². The maximum absolute atomic E-state index is 12.0. The first-order chi connectivity index (χ1) is 11.3. The Morgan fingerprint density at radius 3 is 2.42 bits per heavy atom. The fraction of sp³-hybridized carbons (Fsp3) is 0.471. The molecule has 7 heteroatoms. The van der Waals surface area contributed by atoms with Crippen LogP contribution in [-0.2, 0) is 14.3 Å². The molecular formula is C17H24N2O5. The second-order valence-corrected chi connectivity index (χ2v) is 5.64. The van der Waals surface area contributed by atoms with Crippen LogP contribution < -0.4 is 15.4 Å². The molecule has 2 N–H and O–H groups in total. The van der Waals surface area contributed by atoms with Crippen LogP contribution in [0.2, 0.25) is 0 Å². The van der Waals surface area contributed by atoms with Crippen LogP contribution in [0.1, 0.15) is 31.1 Å². The number of esters is 1. The summed E-state index contributed by atoms with van der Waals surface area (Å²) in [6.45, 7) is 5.12. The van der Waals surface area contributed by atoms with E-state index in [1.54, 1.807) is 24.3 Å². The first-order valence-corrected chi connectivity index (χ1v) is 7.71. The number of nitrogens with one attached hydrogen (secondary N) is 2. The monoisotopic (exact) mass is 336 g/mol. The largest absolute Gasteiger partial charge is 0.496 e. The Bertz CT molecular complexity index is 586. The van der Waals surface area contributed by atoms with E-state index >= 15 is 0 Å². The summed E-state index contributed by atoms with van der Waals surface area (Å²) in [5.41, 5.74) is 0.316. The fourth-order valence-corrected chi connectivity index (χ4v) is 1.74. The van der Waals surface area contributed by atoms with E-state index in [0.717, 1.165) is 0 Å². The summed E-state index contributed by atoms with van der Waals surface area (Å²) in [4.78, 5) is 35.2. The van der Waals surface area contributed by atoms with Crippen molar-refractivity contribution in [1.29, 1.82) is 0 Å². The van der Waals surface area contributed by atoms with E-state index in [2.05, 4.69) is 10.6 Å². The summed E-state index contributed by atoms with van der Waals surface area (Å²) >= 11 is 0. The zero-order chi connectivity index (χ0) is 18.1. The number of rotatable bonds is 8. The molecule has 0 aliphatic rings. The lowest BCUT2D eigenvalue weighted by molar-refractivity contribution is -0.147. The van der Waals surface area contributed by atoms with Gasteiger partial charge in [-0.3, -0.25) is 14.4 Å². The quantitative estimate of drug-likeness (QED) is 0.694. The Balaban J connectivity index is 2.38. The molecule has 2 amide bonds. The van der Waals surface area contributed by atoms with Crippen LogP contribution in [0.3, 0.4) is 0 Å². The number of carbonyl (C=O) groups excluding carboxylic acids is 3. The molecule has 0 aliphatic heterocycles. The molecule has 1 rings (SSSR count). The van der Waals surface area contributed by atoms with Gasteiger partial charge in [0.15, 0.2) is 6.61 Å². The summed E-state index contributed by atoms with van der Waals surface area (Å²) in [6, 6.07) is 6.64. The molecule has 0 unspecified atom stereocenters. The van der Waals surface area contributed by atoms with Crippen LogP contribution >= 0.6 is 0 Å². The minimum Gasteiger partial charge on any atom is -0.496 e. The third-order valence-corrected chi connectivity index (χ3v) is 3.50. The number of hydrogen-bond donors (Lipinski definition) is 2. The molecule has 24 heavy (non-hydrogen) atoms. The number of hydrogen-bond acceptors (Lipinski definition) is 5. The summed E-state index contributed by atoms with van der Waals surface area (Å²) < 4.78 is 9.91. The summed E-state index contributed by atoms with van der Waals surface area (Å²) in [6.07, 6.45) is 0. The molecule has 0 saturated carbocycles. The number of para-hydroxylation sites is 1. The number of amides is 2. The van der Waals surface area contributed by atoms with Crippen LogP contribution in [0.5, 0.6) is 5.75 Å². The van der Waals surface area contributed by atoms with Gasteiger partial charge in [-0.25, -0.2) is 0 Å². The standard InChI is InChI=1S/C17H24N2O5/c1-11(2)12(3)19-15(20)10-24-16(21)9-18-17(22)13-7-5-6-8-14(13)23-4/h5-8,11-12H,9-10H2,1-4H3,(H,18,22)(H,19,20)/t12-/m1/s1. The molecule has 0 aromatic heterocycles. The van der Waals surface area contributed by atoms with Crippen molar-refractivity contribution >= 4 is 17.8 Å². The first-order valence-electron chi connectivity index (χ1n) is 7.71. The van der Waals surface area contributed by atoms with Gasteiger partial charge in [0.2, 0.25) is 0 Å². The van der Waals surface area contributed by atoms with Gasteiger partial charge in [0.05, 0.1) is 12.7 Å². The second-order valence-electron chi connectivity index (χ2n) is 5.64. The van der Waals surface area contributed by atoms with Crippen molar-refractivity contribution in [2.45, 2.75) is 26.8 Å². The number of ether oxygens (including phenoxy) is 2. The molecular weight excluding hydrogens is 312 g/mol. The molecule has 0 spiro atoms. The molecule has 7 nitrogen and oxygen atoms in total. The van der Waals surface area contributed by atoms with Crippen LogP contribution in [0.25, 0.3) is 0 Å². The van der Waals surface area contributed by atoms with Crippen molar-refractivity contribution < 1.29 is 23.9 Å². The molecule has 0 bridgehead atoms. The molecule has 0 saturated heterocycles. The second kappa shape index (κ2) is 9.54. The van der Waals surface area contributed by atoms with E-state index in [-0.39, 0.29) is 31.0 Å². The lowest BCUT2D eigenvalue weighted by Crippen LogP contribution is -2.39. The van der Waals surface area contributed by atoms with E-state index < -0.39 is 11.9 Å². The average Bonchev–Trinajstić information content (AvgIpc) is 2.57. The topological polar surface area (TPSA) is 93.7 Å². The van der Waals surface area contributed by atoms with Gasteiger partial charge < -0.3 is 20.1 Å². The predicted molar refractivity (Wildman–Crippen MR) is 88.7 cm³/mol. The smallest absolute Gasteiger partial charge is 0.325 e. The fourth-order valence-electron chi connectivity index (χ4n) is 1.74. The van der Waals surface area contributed by atoms with Gasteiger partial charge >= 0.3 is 5.97 Å². The normalized spacial score (nSPS) is 11.5. The number of benzene rings is 1. The Kier molecular flexibility index (Phi) is 7.74. The summed E-state index contributed by atoms with van der Waals surface area (Å²) in [7, 11) is 1.46. The zero-order valence-corrected chi connectivity index (χ0v) is 14.4. The maximum Gasteiger partial charge on any atom is 0.325 e. The highest BCUT2D eigenvalue weighted by Crippen LogP contribution is 2.16. The number of methoxy groups -OCH3 is 1. The van der Waals surface area contributed by atoms with Crippen molar-refractivity contribution in [2.24, 2.45) is 5.92 Å². The summed E-state index contributed by atoms with van der Waals surface area (Å²) in [5.74, 6) is -0.830. The first kappa shape index (κ1) is 19.5. The lowest BCUT2D eigenvalue weighted by atomic mass is 10.1. The number of carbonyl (C=O) groups is 3. The molecule has 0 aliphatic carbocycles. The molecule has 0 fully saturated rings. The van der Waals surface area contributed by atoms with Gasteiger partial charge in [-0.15, -0.1) is 0 Å². The van der Waals surface area contributed by atoms with Gasteiger partial charge in [0.25, 0.3) is 11.8 Å². The molecule has 1 aromatic rings. The third-order valence-electron chi connectivity index (χ3n) is 3.50. The van der Waals surface area contributed by atoms with Crippen LogP contribution in [-0.4, -0.2) is 44.1 Å². The van der Waals surface area contributed by atoms with Gasteiger partial charge in [-0.2, -0.15) is 0 Å². The molecule has 1 atom stereocenters. The van der Waals surface area contributed by atoms with E-state index in [9.17, 15) is 14.4 Å². The van der Waals surface area contributed by atoms with E-state index in [0.29, 0.717) is 11.3 Å². The highest BCUT2D eigenvalue weighted by molar-refractivity contribution is 5.98. The average molecular weight is 336 g/mol. The van der Waals surface area contributed by atoms with E-state index in [4.69, 9.17) is 9.47 Å². The Hall–Kier alpha value is -2.57. The van der Waals surface area contributed by atoms with E-state index in [1.807, 2.05) is 20.8 Å². The Labute approximate surface area is 141 Å². The lowest BCUT2D eigenvalue weighted by Gasteiger charge is -2.17.